The number of hydrogen-bond acceptors (Lipinski definition) is 1. The molecule has 2 rings (SSSR count). The zero-order valence-electron chi connectivity index (χ0n) is 14.7. The van der Waals surface area contributed by atoms with E-state index in [1.807, 2.05) is 0 Å². The summed E-state index contributed by atoms with van der Waals surface area (Å²) in [6, 6.07) is 6.88. The molecule has 0 spiro atoms. The Kier molecular flexibility index (Phi) is 4.46. The van der Waals surface area contributed by atoms with Gasteiger partial charge in [-0.25, -0.2) is 0 Å². The molecule has 0 atom stereocenters. The molecule has 0 aliphatic rings. The van der Waals surface area contributed by atoms with Crippen LogP contribution in [0.25, 0.3) is 0 Å². The first-order valence-corrected chi connectivity index (χ1v) is 7.63. The second-order valence-electron chi connectivity index (χ2n) is 6.35. The normalized spacial score (nSPS) is 10.5. The summed E-state index contributed by atoms with van der Waals surface area (Å²) in [4.78, 5) is 2.31. The Bertz CT molecular complexity index is 691. The van der Waals surface area contributed by atoms with Crippen molar-refractivity contribution in [2.24, 2.45) is 0 Å². The van der Waals surface area contributed by atoms with Crippen molar-refractivity contribution in [3.63, 3.8) is 0 Å². The Labute approximate surface area is 135 Å². The molecular weight excluding hydrogens is 246 g/mol. The van der Waals surface area contributed by atoms with Gasteiger partial charge in [-0.05, 0) is 18.2 Å². The smallest absolute Gasteiger partial charge is 0.141 e. The first-order chi connectivity index (χ1) is 9.73. The third-order valence-electron chi connectivity index (χ3n) is 5.11. The minimum absolute atomic E-state index is 1.27. The Morgan fingerprint density at radius 2 is 1.10 bits per heavy atom. The zero-order chi connectivity index (χ0) is 15.9. The minimum atomic E-state index is 1.27. The molecule has 1 nitrogen and oxygen atoms in total. The van der Waals surface area contributed by atoms with Gasteiger partial charge in [0.15, 0.2) is 0 Å². The van der Waals surface area contributed by atoms with Gasteiger partial charge in [0.05, 0.1) is 0 Å². The third-order valence-corrected chi connectivity index (χ3v) is 5.11. The second kappa shape index (κ2) is 5.83. The van der Waals surface area contributed by atoms with Gasteiger partial charge in [0.1, 0.15) is 54.9 Å². The summed E-state index contributed by atoms with van der Waals surface area (Å²) >= 11 is 0. The molecule has 0 N–H and O–H groups in total. The topological polar surface area (TPSA) is 3.24 Å². The first kappa shape index (κ1) is 16.1. The zero-order valence-corrected chi connectivity index (χ0v) is 14.7. The maximum Gasteiger partial charge on any atom is 0.141 e. The molecule has 21 heavy (non-hydrogen) atoms. The van der Waals surface area contributed by atoms with Crippen LogP contribution in [-0.2, 0) is 0 Å². The van der Waals surface area contributed by atoms with Crippen molar-refractivity contribution < 1.29 is 0 Å². The average Bonchev–Trinajstić information content (AvgIpc) is 2.45. The van der Waals surface area contributed by atoms with Crippen LogP contribution in [0, 0.1) is 0 Å². The maximum atomic E-state index is 2.31. The molecule has 0 heterocycles. The van der Waals surface area contributed by atoms with Crippen LogP contribution in [0.15, 0.2) is 18.2 Å². The summed E-state index contributed by atoms with van der Waals surface area (Å²) < 4.78 is 0. The van der Waals surface area contributed by atoms with E-state index in [9.17, 15) is 0 Å². The van der Waals surface area contributed by atoms with E-state index < -0.39 is 0 Å². The number of rotatable bonds is 2. The predicted molar refractivity (Wildman–Crippen MR) is 118 cm³/mol. The van der Waals surface area contributed by atoms with Crippen LogP contribution >= 0.6 is 0 Å². The molecule has 0 aliphatic heterocycles. The quantitative estimate of drug-likeness (QED) is 0.488. The van der Waals surface area contributed by atoms with E-state index in [4.69, 9.17) is 0 Å². The van der Waals surface area contributed by atoms with Gasteiger partial charge in [0, 0.05) is 18.4 Å². The summed E-state index contributed by atoms with van der Waals surface area (Å²) in [6.45, 7) is 0. The SMILES string of the molecule is Bc1cc(N(C)c2cc(B)c(B)c(B)c2B)cc(B)c1B. The highest BCUT2D eigenvalue weighted by atomic mass is 15.1. The molecule has 8 heteroatoms. The summed E-state index contributed by atoms with van der Waals surface area (Å²) in [5, 5.41) is 0. The van der Waals surface area contributed by atoms with Gasteiger partial charge >= 0.3 is 0 Å². The second-order valence-corrected chi connectivity index (χ2v) is 6.35. The molecule has 0 saturated carbocycles. The van der Waals surface area contributed by atoms with Crippen molar-refractivity contribution in [1.29, 1.82) is 0 Å². The summed E-state index contributed by atoms with van der Waals surface area (Å²) in [5.74, 6) is 0. The predicted octanol–water partition coefficient (Wildman–Crippen LogP) is -8.74. The van der Waals surface area contributed by atoms with E-state index in [1.54, 1.807) is 0 Å². The lowest BCUT2D eigenvalue weighted by Gasteiger charge is -2.26. The first-order valence-electron chi connectivity index (χ1n) is 7.63. The van der Waals surface area contributed by atoms with E-state index in [0.29, 0.717) is 0 Å². The molecule has 0 aliphatic carbocycles. The summed E-state index contributed by atoms with van der Waals surface area (Å²) in [6.07, 6.45) is 0. The van der Waals surface area contributed by atoms with Gasteiger partial charge in [-0.15, -0.1) is 10.9 Å². The molecule has 0 unspecified atom stereocenters. The molecule has 2 aromatic rings. The summed E-state index contributed by atoms with van der Waals surface area (Å²) in [5.41, 5.74) is 12.2. The average molecular weight is 266 g/mol. The van der Waals surface area contributed by atoms with Crippen LogP contribution in [-0.4, -0.2) is 62.0 Å². The van der Waals surface area contributed by atoms with Gasteiger partial charge < -0.3 is 4.90 Å². The standard InChI is InChI=1S/C13H20B7N/c1-21(5-2-6(14)10(17)7(15)3-5)9-4-8(16)11(18)13(20)12(9)19/h2-4H,14-20H2,1H3. The highest BCUT2D eigenvalue weighted by Gasteiger charge is 2.12. The van der Waals surface area contributed by atoms with Crippen LogP contribution in [0.5, 0.6) is 0 Å². The Balaban J connectivity index is 2.58. The third kappa shape index (κ3) is 2.86. The Morgan fingerprint density at radius 3 is 1.62 bits per heavy atom. The minimum Gasteiger partial charge on any atom is -0.345 e. The van der Waals surface area contributed by atoms with Crippen LogP contribution in [0.1, 0.15) is 0 Å². The van der Waals surface area contributed by atoms with Crippen molar-refractivity contribution in [2.75, 3.05) is 11.9 Å². The fraction of sp³-hybridized carbons (Fsp3) is 0.0769. The maximum absolute atomic E-state index is 2.31. The highest BCUT2D eigenvalue weighted by Crippen LogP contribution is 2.17. The molecule has 0 aromatic heterocycles. The Hall–Kier alpha value is -1.31. The van der Waals surface area contributed by atoms with E-state index in [2.05, 4.69) is 85.1 Å². The lowest BCUT2D eigenvalue weighted by atomic mass is 9.66. The number of nitrogens with zero attached hydrogens (tertiary/aromatic N) is 1. The lowest BCUT2D eigenvalue weighted by molar-refractivity contribution is 1.23. The molecular formula is C13H20B7N. The molecule has 2 aromatic carbocycles. The van der Waals surface area contributed by atoms with Crippen LogP contribution in [0.3, 0.4) is 0 Å². The van der Waals surface area contributed by atoms with Gasteiger partial charge in [0.25, 0.3) is 0 Å². The Morgan fingerprint density at radius 1 is 0.619 bits per heavy atom. The van der Waals surface area contributed by atoms with E-state index in [-0.39, 0.29) is 0 Å². The van der Waals surface area contributed by atoms with Gasteiger partial charge in [-0.1, -0.05) is 27.3 Å². The monoisotopic (exact) mass is 267 g/mol. The molecule has 0 amide bonds. The molecule has 0 fully saturated rings. The van der Waals surface area contributed by atoms with E-state index >= 15 is 0 Å². The largest absolute Gasteiger partial charge is 0.345 e. The van der Waals surface area contributed by atoms with Crippen molar-refractivity contribution in [1.82, 2.24) is 0 Å². The number of anilines is 2. The van der Waals surface area contributed by atoms with Crippen LogP contribution in [0.2, 0.25) is 0 Å². The lowest BCUT2D eigenvalue weighted by Crippen LogP contribution is -2.49. The van der Waals surface area contributed by atoms with Crippen LogP contribution < -0.4 is 43.1 Å². The van der Waals surface area contributed by atoms with Gasteiger partial charge in [0.2, 0.25) is 0 Å². The number of benzene rings is 2. The van der Waals surface area contributed by atoms with Crippen molar-refractivity contribution in [3.05, 3.63) is 18.2 Å². The fourth-order valence-corrected chi connectivity index (χ4v) is 2.88. The highest BCUT2D eigenvalue weighted by molar-refractivity contribution is 6.63. The molecule has 0 saturated heterocycles. The molecule has 0 radical (unpaired) electrons. The number of hydrogen-bond donors (Lipinski definition) is 0. The molecule has 0 bridgehead atoms. The van der Waals surface area contributed by atoms with Gasteiger partial charge in [-0.2, -0.15) is 0 Å². The molecule has 98 valence electrons. The van der Waals surface area contributed by atoms with E-state index in [0.717, 1.165) is 0 Å². The van der Waals surface area contributed by atoms with Crippen molar-refractivity contribution in [3.8, 4) is 0 Å². The van der Waals surface area contributed by atoms with E-state index in [1.165, 1.54) is 49.6 Å². The van der Waals surface area contributed by atoms with Gasteiger partial charge in [-0.3, -0.25) is 0 Å². The van der Waals surface area contributed by atoms with Crippen LogP contribution in [0.4, 0.5) is 11.4 Å². The summed E-state index contributed by atoms with van der Waals surface area (Å²) in [7, 11) is 17.6. The van der Waals surface area contributed by atoms with Crippen molar-refractivity contribution in [2.45, 2.75) is 0 Å². The van der Waals surface area contributed by atoms with Crippen molar-refractivity contribution >= 4 is 105 Å². The fourth-order valence-electron chi connectivity index (χ4n) is 2.88.